The van der Waals surface area contributed by atoms with Gasteiger partial charge in [0, 0.05) is 39.0 Å². The molecule has 0 spiro atoms. The zero-order chi connectivity index (χ0) is 18.9. The molecule has 1 aromatic carbocycles. The van der Waals surface area contributed by atoms with Crippen LogP contribution in [0.2, 0.25) is 0 Å². The first-order valence-electron chi connectivity index (χ1n) is 10.7. The summed E-state index contributed by atoms with van der Waals surface area (Å²) >= 11 is 0. The summed E-state index contributed by atoms with van der Waals surface area (Å²) in [4.78, 5) is 6.85. The molecule has 2 aliphatic rings. The standard InChI is InChI=1S/C22H36N4O/c1-18(19-9-7-10-20(17-19)26-14-5-6-15-26)25-22(23-2)24-13-8-16-27-21-11-3-4-12-21/h7,9-10,17-18,21H,3-6,8,11-16H2,1-2H3,(H2,23,24,25). The fraction of sp³-hybridized carbons (Fsp3) is 0.682. The second-order valence-corrected chi connectivity index (χ2v) is 7.78. The van der Waals surface area contributed by atoms with Crippen molar-refractivity contribution < 1.29 is 4.74 Å². The van der Waals surface area contributed by atoms with Crippen LogP contribution in [0.4, 0.5) is 5.69 Å². The molecule has 1 aliphatic carbocycles. The van der Waals surface area contributed by atoms with Crippen molar-refractivity contribution in [1.29, 1.82) is 0 Å². The maximum atomic E-state index is 5.93. The molecule has 27 heavy (non-hydrogen) atoms. The number of anilines is 1. The van der Waals surface area contributed by atoms with Crippen LogP contribution >= 0.6 is 0 Å². The number of benzene rings is 1. The first-order valence-corrected chi connectivity index (χ1v) is 10.7. The van der Waals surface area contributed by atoms with Crippen LogP contribution in [0.25, 0.3) is 0 Å². The lowest BCUT2D eigenvalue weighted by Gasteiger charge is -2.22. The summed E-state index contributed by atoms with van der Waals surface area (Å²) in [6.07, 6.45) is 9.26. The first kappa shape index (κ1) is 20.0. The summed E-state index contributed by atoms with van der Waals surface area (Å²) in [5, 5.41) is 6.93. The molecular weight excluding hydrogens is 336 g/mol. The van der Waals surface area contributed by atoms with Gasteiger partial charge in [-0.1, -0.05) is 25.0 Å². The summed E-state index contributed by atoms with van der Waals surface area (Å²) in [5.41, 5.74) is 2.64. The maximum Gasteiger partial charge on any atom is 0.191 e. The Bertz CT molecular complexity index is 592. The minimum atomic E-state index is 0.216. The lowest BCUT2D eigenvalue weighted by atomic mass is 10.1. The van der Waals surface area contributed by atoms with Gasteiger partial charge in [0.1, 0.15) is 0 Å². The van der Waals surface area contributed by atoms with Crippen molar-refractivity contribution in [2.24, 2.45) is 4.99 Å². The van der Waals surface area contributed by atoms with Gasteiger partial charge in [-0.2, -0.15) is 0 Å². The van der Waals surface area contributed by atoms with Gasteiger partial charge in [-0.05, 0) is 56.7 Å². The highest BCUT2D eigenvalue weighted by Crippen LogP contribution is 2.24. The summed E-state index contributed by atoms with van der Waals surface area (Å²) in [7, 11) is 1.83. The molecule has 0 amide bonds. The average Bonchev–Trinajstić information content (AvgIpc) is 3.41. The Hall–Kier alpha value is -1.75. The summed E-state index contributed by atoms with van der Waals surface area (Å²) in [5.74, 6) is 0.856. The number of aliphatic imine (C=N–C) groups is 1. The fourth-order valence-corrected chi connectivity index (χ4v) is 4.03. The van der Waals surface area contributed by atoms with Crippen LogP contribution in [0.3, 0.4) is 0 Å². The van der Waals surface area contributed by atoms with Gasteiger partial charge in [0.05, 0.1) is 12.1 Å². The molecule has 1 atom stereocenters. The second-order valence-electron chi connectivity index (χ2n) is 7.78. The van der Waals surface area contributed by atoms with E-state index in [1.54, 1.807) is 0 Å². The van der Waals surface area contributed by atoms with Crippen LogP contribution in [0.1, 0.15) is 63.5 Å². The van der Waals surface area contributed by atoms with Crippen LogP contribution in [0.5, 0.6) is 0 Å². The Labute approximate surface area is 164 Å². The molecule has 0 bridgehead atoms. The van der Waals surface area contributed by atoms with Crippen molar-refractivity contribution in [3.8, 4) is 0 Å². The zero-order valence-electron chi connectivity index (χ0n) is 17.0. The van der Waals surface area contributed by atoms with Gasteiger partial charge in [0.25, 0.3) is 0 Å². The van der Waals surface area contributed by atoms with E-state index >= 15 is 0 Å². The molecule has 5 nitrogen and oxygen atoms in total. The van der Waals surface area contributed by atoms with Gasteiger partial charge in [0.15, 0.2) is 5.96 Å². The van der Waals surface area contributed by atoms with E-state index in [4.69, 9.17) is 4.74 Å². The predicted molar refractivity (Wildman–Crippen MR) is 114 cm³/mol. The Morgan fingerprint density at radius 2 is 2.00 bits per heavy atom. The Morgan fingerprint density at radius 3 is 2.74 bits per heavy atom. The quantitative estimate of drug-likeness (QED) is 0.413. The molecule has 1 aromatic rings. The van der Waals surface area contributed by atoms with Gasteiger partial charge < -0.3 is 20.3 Å². The normalized spacial score (nSPS) is 19.5. The van der Waals surface area contributed by atoms with Gasteiger partial charge >= 0.3 is 0 Å². The second kappa shape index (κ2) is 10.5. The number of nitrogens with zero attached hydrogens (tertiary/aromatic N) is 2. The fourth-order valence-electron chi connectivity index (χ4n) is 4.03. The number of hydrogen-bond donors (Lipinski definition) is 2. The highest BCUT2D eigenvalue weighted by Gasteiger charge is 2.15. The van der Waals surface area contributed by atoms with Crippen molar-refractivity contribution in [3.05, 3.63) is 29.8 Å². The third kappa shape index (κ3) is 6.13. The number of hydrogen-bond acceptors (Lipinski definition) is 3. The van der Waals surface area contributed by atoms with E-state index in [1.807, 2.05) is 7.05 Å². The van der Waals surface area contributed by atoms with Crippen molar-refractivity contribution in [2.45, 2.75) is 64.0 Å². The Morgan fingerprint density at radius 1 is 1.22 bits per heavy atom. The van der Waals surface area contributed by atoms with Crippen LogP contribution in [0, 0.1) is 0 Å². The summed E-state index contributed by atoms with van der Waals surface area (Å²) < 4.78 is 5.93. The van der Waals surface area contributed by atoms with E-state index in [-0.39, 0.29) is 6.04 Å². The van der Waals surface area contributed by atoms with Gasteiger partial charge in [-0.15, -0.1) is 0 Å². The molecule has 1 heterocycles. The van der Waals surface area contributed by atoms with E-state index in [0.29, 0.717) is 6.10 Å². The van der Waals surface area contributed by atoms with Gasteiger partial charge in [0.2, 0.25) is 0 Å². The molecule has 1 saturated heterocycles. The largest absolute Gasteiger partial charge is 0.378 e. The third-order valence-electron chi connectivity index (χ3n) is 5.69. The van der Waals surface area contributed by atoms with E-state index in [2.05, 4.69) is 51.7 Å². The molecule has 0 radical (unpaired) electrons. The van der Waals surface area contributed by atoms with Gasteiger partial charge in [-0.3, -0.25) is 4.99 Å². The minimum Gasteiger partial charge on any atom is -0.378 e. The van der Waals surface area contributed by atoms with Crippen LogP contribution < -0.4 is 15.5 Å². The van der Waals surface area contributed by atoms with Crippen LogP contribution in [-0.4, -0.2) is 45.4 Å². The Kier molecular flexibility index (Phi) is 7.81. The highest BCUT2D eigenvalue weighted by molar-refractivity contribution is 5.80. The lowest BCUT2D eigenvalue weighted by Crippen LogP contribution is -2.39. The molecule has 5 heteroatoms. The van der Waals surface area contributed by atoms with E-state index in [0.717, 1.165) is 25.5 Å². The van der Waals surface area contributed by atoms with Crippen molar-refractivity contribution in [1.82, 2.24) is 10.6 Å². The van der Waals surface area contributed by atoms with Crippen LogP contribution in [-0.2, 0) is 4.74 Å². The maximum absolute atomic E-state index is 5.93. The molecule has 0 aromatic heterocycles. The summed E-state index contributed by atoms with van der Waals surface area (Å²) in [6, 6.07) is 9.11. The topological polar surface area (TPSA) is 48.9 Å². The highest BCUT2D eigenvalue weighted by atomic mass is 16.5. The third-order valence-corrected chi connectivity index (χ3v) is 5.69. The number of guanidine groups is 1. The summed E-state index contributed by atoms with van der Waals surface area (Å²) in [6.45, 7) is 6.27. The first-order chi connectivity index (χ1) is 13.3. The molecule has 150 valence electrons. The molecule has 1 aliphatic heterocycles. The molecule has 1 saturated carbocycles. The number of nitrogens with one attached hydrogen (secondary N) is 2. The lowest BCUT2D eigenvalue weighted by molar-refractivity contribution is 0.0574. The molecule has 1 unspecified atom stereocenters. The minimum absolute atomic E-state index is 0.216. The van der Waals surface area contributed by atoms with Gasteiger partial charge in [-0.25, -0.2) is 0 Å². The monoisotopic (exact) mass is 372 g/mol. The van der Waals surface area contributed by atoms with E-state index in [9.17, 15) is 0 Å². The zero-order valence-corrected chi connectivity index (χ0v) is 17.0. The SMILES string of the molecule is CN=C(NCCCOC1CCCC1)NC(C)c1cccc(N2CCCC2)c1. The molecule has 2 N–H and O–H groups in total. The molecule has 3 rings (SSSR count). The van der Waals surface area contributed by atoms with E-state index < -0.39 is 0 Å². The Balaban J connectivity index is 1.41. The van der Waals surface area contributed by atoms with Crippen molar-refractivity contribution in [3.63, 3.8) is 0 Å². The molecule has 2 fully saturated rings. The van der Waals surface area contributed by atoms with Crippen molar-refractivity contribution >= 4 is 11.6 Å². The number of ether oxygens (including phenoxy) is 1. The van der Waals surface area contributed by atoms with E-state index in [1.165, 1.54) is 62.9 Å². The van der Waals surface area contributed by atoms with Crippen LogP contribution in [0.15, 0.2) is 29.3 Å². The molecular formula is C22H36N4O. The number of rotatable bonds is 8. The predicted octanol–water partition coefficient (Wildman–Crippen LogP) is 3.86. The average molecular weight is 373 g/mol. The van der Waals surface area contributed by atoms with Crippen molar-refractivity contribution in [2.75, 3.05) is 38.2 Å². The smallest absolute Gasteiger partial charge is 0.191 e.